The van der Waals surface area contributed by atoms with Crippen molar-refractivity contribution in [3.8, 4) is 0 Å². The molecule has 0 aliphatic heterocycles. The molecule has 0 spiro atoms. The van der Waals surface area contributed by atoms with Crippen molar-refractivity contribution in [1.29, 1.82) is 0 Å². The van der Waals surface area contributed by atoms with Gasteiger partial charge in [-0.15, -0.1) is 0 Å². The zero-order valence-electron chi connectivity index (χ0n) is 13.2. The van der Waals surface area contributed by atoms with Crippen LogP contribution >= 0.6 is 0 Å². The Hall–Kier alpha value is -0.900. The van der Waals surface area contributed by atoms with Crippen molar-refractivity contribution < 1.29 is 5.11 Å². The molecule has 3 N–H and O–H groups in total. The van der Waals surface area contributed by atoms with Crippen molar-refractivity contribution in [1.82, 2.24) is 4.90 Å². The summed E-state index contributed by atoms with van der Waals surface area (Å²) in [5, 5.41) is 9.22. The first-order valence-corrected chi connectivity index (χ1v) is 7.65. The van der Waals surface area contributed by atoms with Crippen LogP contribution in [0.25, 0.3) is 0 Å². The molecule has 0 radical (unpaired) electrons. The molecule has 0 aliphatic rings. The highest BCUT2D eigenvalue weighted by Crippen LogP contribution is 2.32. The number of nitrogens with zero attached hydrogens (tertiary/aromatic N) is 1. The minimum Gasteiger partial charge on any atom is -0.395 e. The summed E-state index contributed by atoms with van der Waals surface area (Å²) in [5.74, 6) is 0. The molecule has 0 amide bonds. The summed E-state index contributed by atoms with van der Waals surface area (Å²) < 4.78 is 0. The second-order valence-electron chi connectivity index (χ2n) is 6.23. The lowest BCUT2D eigenvalue weighted by Gasteiger charge is -2.37. The molecule has 0 aromatic heterocycles. The van der Waals surface area contributed by atoms with Crippen LogP contribution in [0.15, 0.2) is 30.3 Å². The lowest BCUT2D eigenvalue weighted by molar-refractivity contribution is 0.125. The molecule has 0 aliphatic carbocycles. The third-order valence-electron chi connectivity index (χ3n) is 3.88. The van der Waals surface area contributed by atoms with Gasteiger partial charge < -0.3 is 15.7 Å². The molecule has 114 valence electrons. The van der Waals surface area contributed by atoms with Crippen LogP contribution in [0.1, 0.15) is 45.2 Å². The Labute approximate surface area is 123 Å². The molecular formula is C17H30N2O. The molecule has 3 heteroatoms. The molecule has 0 fully saturated rings. The highest BCUT2D eigenvalue weighted by atomic mass is 16.3. The molecule has 1 aromatic rings. The van der Waals surface area contributed by atoms with Gasteiger partial charge in [-0.3, -0.25) is 0 Å². The molecule has 1 rings (SSSR count). The first-order valence-electron chi connectivity index (χ1n) is 7.65. The van der Waals surface area contributed by atoms with E-state index in [0.717, 1.165) is 26.1 Å². The van der Waals surface area contributed by atoms with Gasteiger partial charge >= 0.3 is 0 Å². The number of benzene rings is 1. The fraction of sp³-hybridized carbons (Fsp3) is 0.647. The number of aliphatic hydroxyl groups is 1. The maximum absolute atomic E-state index is 9.22. The Morgan fingerprint density at radius 1 is 1.20 bits per heavy atom. The van der Waals surface area contributed by atoms with Crippen LogP contribution in [0.3, 0.4) is 0 Å². The Balaban J connectivity index is 2.70. The van der Waals surface area contributed by atoms with Crippen LogP contribution in [-0.4, -0.2) is 36.2 Å². The highest BCUT2D eigenvalue weighted by molar-refractivity contribution is 5.20. The van der Waals surface area contributed by atoms with E-state index in [9.17, 15) is 5.11 Å². The van der Waals surface area contributed by atoms with Crippen LogP contribution in [0.4, 0.5) is 0 Å². The predicted octanol–water partition coefficient (Wildman–Crippen LogP) is 2.81. The number of unbranched alkanes of at least 4 members (excludes halogenated alkanes) is 1. The Bertz CT molecular complexity index is 365. The number of hydrogen-bond acceptors (Lipinski definition) is 3. The van der Waals surface area contributed by atoms with Crippen molar-refractivity contribution >= 4 is 0 Å². The first kappa shape index (κ1) is 17.2. The van der Waals surface area contributed by atoms with Crippen molar-refractivity contribution in [2.24, 2.45) is 11.1 Å². The maximum Gasteiger partial charge on any atom is 0.0558 e. The van der Waals surface area contributed by atoms with E-state index in [2.05, 4.69) is 37.8 Å². The summed E-state index contributed by atoms with van der Waals surface area (Å²) in [7, 11) is 0. The molecule has 3 nitrogen and oxygen atoms in total. The topological polar surface area (TPSA) is 49.5 Å². The summed E-state index contributed by atoms with van der Waals surface area (Å²) in [4.78, 5) is 2.33. The standard InChI is InChI=1S/C17H30N2O/c1-4-5-11-19(12-13-20)14-17(2,3)16(18)15-9-7-6-8-10-15/h6-10,16,20H,4-5,11-14,18H2,1-3H3. The third kappa shape index (κ3) is 5.23. The number of rotatable bonds is 9. The normalized spacial score (nSPS) is 13.7. The van der Waals surface area contributed by atoms with E-state index in [1.165, 1.54) is 12.0 Å². The summed E-state index contributed by atoms with van der Waals surface area (Å²) in [6.45, 7) is 9.48. The molecule has 1 aromatic carbocycles. The van der Waals surface area contributed by atoms with Crippen LogP contribution < -0.4 is 5.73 Å². The predicted molar refractivity (Wildman–Crippen MR) is 85.6 cm³/mol. The molecule has 0 saturated carbocycles. The lowest BCUT2D eigenvalue weighted by Crippen LogP contribution is -2.42. The highest BCUT2D eigenvalue weighted by Gasteiger charge is 2.29. The van der Waals surface area contributed by atoms with E-state index in [1.807, 2.05) is 18.2 Å². The second kappa shape index (κ2) is 8.40. The zero-order valence-corrected chi connectivity index (χ0v) is 13.2. The molecule has 1 unspecified atom stereocenters. The lowest BCUT2D eigenvalue weighted by atomic mass is 9.80. The van der Waals surface area contributed by atoms with Gasteiger partial charge in [0.25, 0.3) is 0 Å². The number of aliphatic hydroxyl groups excluding tert-OH is 1. The summed E-state index contributed by atoms with van der Waals surface area (Å²) in [6.07, 6.45) is 2.34. The summed E-state index contributed by atoms with van der Waals surface area (Å²) >= 11 is 0. The fourth-order valence-corrected chi connectivity index (χ4v) is 2.58. The van der Waals surface area contributed by atoms with Crippen LogP contribution in [0, 0.1) is 5.41 Å². The Kier molecular flexibility index (Phi) is 7.20. The molecule has 0 saturated heterocycles. The first-order chi connectivity index (χ1) is 9.51. The molecule has 0 heterocycles. The quantitative estimate of drug-likeness (QED) is 0.730. The average molecular weight is 278 g/mol. The monoisotopic (exact) mass is 278 g/mol. The van der Waals surface area contributed by atoms with E-state index in [0.29, 0.717) is 0 Å². The van der Waals surface area contributed by atoms with Crippen molar-refractivity contribution in [2.75, 3.05) is 26.2 Å². The van der Waals surface area contributed by atoms with Crippen molar-refractivity contribution in [2.45, 2.75) is 39.7 Å². The SMILES string of the molecule is CCCCN(CCO)CC(C)(C)C(N)c1ccccc1. The molecule has 1 atom stereocenters. The van der Waals surface area contributed by atoms with E-state index >= 15 is 0 Å². The van der Waals surface area contributed by atoms with Gasteiger partial charge in [-0.05, 0) is 23.9 Å². The Morgan fingerprint density at radius 3 is 2.40 bits per heavy atom. The zero-order chi connectivity index (χ0) is 15.0. The van der Waals surface area contributed by atoms with Crippen LogP contribution in [0.5, 0.6) is 0 Å². The van der Waals surface area contributed by atoms with Crippen molar-refractivity contribution in [3.05, 3.63) is 35.9 Å². The van der Waals surface area contributed by atoms with Crippen molar-refractivity contribution in [3.63, 3.8) is 0 Å². The average Bonchev–Trinajstić information content (AvgIpc) is 2.45. The summed E-state index contributed by atoms with van der Waals surface area (Å²) in [6, 6.07) is 10.3. The minimum atomic E-state index is -0.0235. The second-order valence-corrected chi connectivity index (χ2v) is 6.23. The molecule has 0 bridgehead atoms. The van der Waals surface area contributed by atoms with Crippen LogP contribution in [-0.2, 0) is 0 Å². The van der Waals surface area contributed by atoms with Gasteiger partial charge in [0.1, 0.15) is 0 Å². The van der Waals surface area contributed by atoms with Crippen LogP contribution in [0.2, 0.25) is 0 Å². The number of hydrogen-bond donors (Lipinski definition) is 2. The van der Waals surface area contributed by atoms with Gasteiger partial charge in [0.15, 0.2) is 0 Å². The van der Waals surface area contributed by atoms with E-state index in [1.54, 1.807) is 0 Å². The van der Waals surface area contributed by atoms with E-state index < -0.39 is 0 Å². The van der Waals surface area contributed by atoms with E-state index in [4.69, 9.17) is 5.73 Å². The minimum absolute atomic E-state index is 0.00604. The fourth-order valence-electron chi connectivity index (χ4n) is 2.58. The largest absolute Gasteiger partial charge is 0.395 e. The van der Waals surface area contributed by atoms with Gasteiger partial charge in [0.2, 0.25) is 0 Å². The van der Waals surface area contributed by atoms with Gasteiger partial charge in [-0.1, -0.05) is 57.5 Å². The molecular weight excluding hydrogens is 248 g/mol. The maximum atomic E-state index is 9.22. The Morgan fingerprint density at radius 2 is 1.85 bits per heavy atom. The summed E-state index contributed by atoms with van der Waals surface area (Å²) in [5.41, 5.74) is 7.61. The van der Waals surface area contributed by atoms with E-state index in [-0.39, 0.29) is 18.1 Å². The van der Waals surface area contributed by atoms with Gasteiger partial charge in [0.05, 0.1) is 6.61 Å². The smallest absolute Gasteiger partial charge is 0.0558 e. The van der Waals surface area contributed by atoms with Gasteiger partial charge in [0, 0.05) is 19.1 Å². The molecule has 20 heavy (non-hydrogen) atoms. The third-order valence-corrected chi connectivity index (χ3v) is 3.88. The van der Waals surface area contributed by atoms with Gasteiger partial charge in [-0.2, -0.15) is 0 Å². The number of nitrogens with two attached hydrogens (primary N) is 1. The van der Waals surface area contributed by atoms with Gasteiger partial charge in [-0.25, -0.2) is 0 Å².